The van der Waals surface area contributed by atoms with Gasteiger partial charge in [-0.15, -0.1) is 0 Å². The van der Waals surface area contributed by atoms with E-state index in [2.05, 4.69) is 19.2 Å². The molecule has 0 aromatic heterocycles. The first-order valence-electron chi connectivity index (χ1n) is 6.03. The normalized spacial score (nSPS) is 20.4. The van der Waals surface area contributed by atoms with Crippen molar-refractivity contribution in [3.63, 3.8) is 0 Å². The summed E-state index contributed by atoms with van der Waals surface area (Å²) in [7, 11) is 0. The summed E-state index contributed by atoms with van der Waals surface area (Å²) in [6.07, 6.45) is 3.90. The Hall–Kier alpha value is -0.180. The highest BCUT2D eigenvalue weighted by Crippen LogP contribution is 2.42. The summed E-state index contributed by atoms with van der Waals surface area (Å²) in [4.78, 5) is 0. The van der Waals surface area contributed by atoms with Gasteiger partial charge in [-0.3, -0.25) is 0 Å². The molecule has 0 saturated heterocycles. The second kappa shape index (κ2) is 5.78. The van der Waals surface area contributed by atoms with E-state index in [1.807, 2.05) is 0 Å². The lowest BCUT2D eigenvalue weighted by molar-refractivity contribution is 0.134. The van der Waals surface area contributed by atoms with Crippen LogP contribution in [0, 0.1) is 11.3 Å². The number of alkyl halides is 2. The van der Waals surface area contributed by atoms with Crippen molar-refractivity contribution in [1.29, 1.82) is 0 Å². The molecule has 0 radical (unpaired) electrons. The quantitative estimate of drug-likeness (QED) is 0.721. The van der Waals surface area contributed by atoms with Gasteiger partial charge in [0.15, 0.2) is 0 Å². The van der Waals surface area contributed by atoms with Crippen LogP contribution in [0.25, 0.3) is 0 Å². The van der Waals surface area contributed by atoms with Gasteiger partial charge in [0.1, 0.15) is 0 Å². The second-order valence-corrected chi connectivity index (χ2v) is 5.33. The van der Waals surface area contributed by atoms with E-state index in [-0.39, 0.29) is 6.54 Å². The fraction of sp³-hybridized carbons (Fsp3) is 1.00. The summed E-state index contributed by atoms with van der Waals surface area (Å²) in [5.74, 6) is 0.663. The van der Waals surface area contributed by atoms with Gasteiger partial charge in [-0.25, -0.2) is 8.78 Å². The minimum Gasteiger partial charge on any atom is -0.311 e. The lowest BCUT2D eigenvalue weighted by atomic mass is 9.78. The van der Waals surface area contributed by atoms with E-state index in [0.29, 0.717) is 11.3 Å². The summed E-state index contributed by atoms with van der Waals surface area (Å²) in [6.45, 7) is 5.05. The maximum Gasteiger partial charge on any atom is 0.250 e. The average Bonchev–Trinajstić information content (AvgIpc) is 2.51. The van der Waals surface area contributed by atoms with E-state index in [1.54, 1.807) is 0 Å². The zero-order chi connectivity index (χ0) is 11.3. The van der Waals surface area contributed by atoms with Crippen LogP contribution in [0.4, 0.5) is 8.78 Å². The van der Waals surface area contributed by atoms with Gasteiger partial charge in [-0.05, 0) is 30.6 Å². The zero-order valence-corrected chi connectivity index (χ0v) is 9.86. The van der Waals surface area contributed by atoms with E-state index in [9.17, 15) is 8.78 Å². The number of hydrogen-bond acceptors (Lipinski definition) is 1. The third kappa shape index (κ3) is 4.45. The molecule has 3 heteroatoms. The number of nitrogens with one attached hydrogen (secondary N) is 1. The molecule has 1 fully saturated rings. The van der Waals surface area contributed by atoms with Crippen LogP contribution >= 0.6 is 0 Å². The van der Waals surface area contributed by atoms with E-state index >= 15 is 0 Å². The van der Waals surface area contributed by atoms with E-state index in [4.69, 9.17) is 0 Å². The molecule has 0 aliphatic heterocycles. The summed E-state index contributed by atoms with van der Waals surface area (Å²) in [6, 6.07) is 0. The maximum absolute atomic E-state index is 12.0. The lowest BCUT2D eigenvalue weighted by Crippen LogP contribution is -2.35. The summed E-state index contributed by atoms with van der Waals surface area (Å²) >= 11 is 0. The lowest BCUT2D eigenvalue weighted by Gasteiger charge is -2.31. The maximum atomic E-state index is 12.0. The Morgan fingerprint density at radius 3 is 2.27 bits per heavy atom. The first-order chi connectivity index (χ1) is 7.04. The Labute approximate surface area is 91.6 Å². The Morgan fingerprint density at radius 1 is 1.20 bits per heavy atom. The molecule has 90 valence electrons. The summed E-state index contributed by atoms with van der Waals surface area (Å²) in [5.41, 5.74) is 0.309. The Morgan fingerprint density at radius 2 is 1.80 bits per heavy atom. The monoisotopic (exact) mass is 219 g/mol. The van der Waals surface area contributed by atoms with Gasteiger partial charge < -0.3 is 5.32 Å². The van der Waals surface area contributed by atoms with Crippen molar-refractivity contribution in [2.24, 2.45) is 11.3 Å². The molecule has 0 heterocycles. The Kier molecular flexibility index (Phi) is 4.97. The minimum atomic E-state index is -2.22. The molecule has 0 bridgehead atoms. The molecule has 0 aromatic carbocycles. The van der Waals surface area contributed by atoms with Crippen molar-refractivity contribution < 1.29 is 8.78 Å². The number of hydrogen-bond donors (Lipinski definition) is 1. The average molecular weight is 219 g/mol. The number of halogens is 2. The molecular formula is C12H23F2N. The van der Waals surface area contributed by atoms with Gasteiger partial charge in [-0.1, -0.05) is 26.7 Å². The van der Waals surface area contributed by atoms with Gasteiger partial charge in [0, 0.05) is 6.54 Å². The van der Waals surface area contributed by atoms with Crippen LogP contribution in [-0.4, -0.2) is 19.5 Å². The molecule has 0 spiro atoms. The SMILES string of the molecule is CC(C)CC1(CNCC(F)F)CCCC1. The van der Waals surface area contributed by atoms with Gasteiger partial charge in [0.05, 0.1) is 6.54 Å². The molecule has 1 nitrogen and oxygen atoms in total. The minimum absolute atomic E-state index is 0.153. The molecule has 1 aliphatic carbocycles. The van der Waals surface area contributed by atoms with E-state index in [0.717, 1.165) is 6.54 Å². The first kappa shape index (κ1) is 12.9. The zero-order valence-electron chi connectivity index (χ0n) is 9.86. The van der Waals surface area contributed by atoms with Gasteiger partial charge >= 0.3 is 0 Å². The van der Waals surface area contributed by atoms with Crippen LogP contribution in [0.1, 0.15) is 46.0 Å². The molecule has 15 heavy (non-hydrogen) atoms. The summed E-state index contributed by atoms with van der Waals surface area (Å²) < 4.78 is 24.1. The molecule has 0 unspecified atom stereocenters. The van der Waals surface area contributed by atoms with E-state index < -0.39 is 6.43 Å². The molecular weight excluding hydrogens is 196 g/mol. The third-order valence-electron chi connectivity index (χ3n) is 3.30. The van der Waals surface area contributed by atoms with Crippen LogP contribution in [0.3, 0.4) is 0 Å². The fourth-order valence-corrected chi connectivity index (χ4v) is 2.89. The van der Waals surface area contributed by atoms with Crippen molar-refractivity contribution >= 4 is 0 Å². The molecule has 0 aromatic rings. The largest absolute Gasteiger partial charge is 0.311 e. The third-order valence-corrected chi connectivity index (χ3v) is 3.30. The molecule has 0 atom stereocenters. The first-order valence-corrected chi connectivity index (χ1v) is 6.03. The van der Waals surface area contributed by atoms with Crippen molar-refractivity contribution in [2.75, 3.05) is 13.1 Å². The van der Waals surface area contributed by atoms with Crippen LogP contribution in [0.2, 0.25) is 0 Å². The van der Waals surface area contributed by atoms with Crippen LogP contribution < -0.4 is 5.32 Å². The van der Waals surface area contributed by atoms with Crippen LogP contribution in [0.15, 0.2) is 0 Å². The van der Waals surface area contributed by atoms with Gasteiger partial charge in [0.25, 0.3) is 6.43 Å². The molecule has 1 saturated carbocycles. The predicted octanol–water partition coefficient (Wildman–Crippen LogP) is 3.45. The van der Waals surface area contributed by atoms with Crippen LogP contribution in [0.5, 0.6) is 0 Å². The van der Waals surface area contributed by atoms with Gasteiger partial charge in [0.2, 0.25) is 0 Å². The standard InChI is InChI=1S/C12H23F2N/c1-10(2)7-12(5-3-4-6-12)9-15-8-11(13)14/h10-11,15H,3-9H2,1-2H3. The Balaban J connectivity index is 2.36. The Bertz CT molecular complexity index is 174. The van der Waals surface area contributed by atoms with Crippen LogP contribution in [-0.2, 0) is 0 Å². The second-order valence-electron chi connectivity index (χ2n) is 5.33. The van der Waals surface area contributed by atoms with Crippen molar-refractivity contribution in [2.45, 2.75) is 52.4 Å². The predicted molar refractivity (Wildman–Crippen MR) is 59.2 cm³/mol. The summed E-state index contributed by atoms with van der Waals surface area (Å²) in [5, 5.41) is 2.92. The topological polar surface area (TPSA) is 12.0 Å². The van der Waals surface area contributed by atoms with Crippen molar-refractivity contribution in [1.82, 2.24) is 5.32 Å². The highest BCUT2D eigenvalue weighted by atomic mass is 19.3. The molecule has 0 amide bonds. The van der Waals surface area contributed by atoms with Crippen molar-refractivity contribution in [3.8, 4) is 0 Å². The van der Waals surface area contributed by atoms with Crippen molar-refractivity contribution in [3.05, 3.63) is 0 Å². The highest BCUT2D eigenvalue weighted by Gasteiger charge is 2.33. The smallest absolute Gasteiger partial charge is 0.250 e. The molecule has 1 aliphatic rings. The number of rotatable bonds is 6. The van der Waals surface area contributed by atoms with Gasteiger partial charge in [-0.2, -0.15) is 0 Å². The molecule has 1 N–H and O–H groups in total. The fourth-order valence-electron chi connectivity index (χ4n) is 2.89. The molecule has 1 rings (SSSR count). The highest BCUT2D eigenvalue weighted by molar-refractivity contribution is 4.87. The van der Waals surface area contributed by atoms with E-state index in [1.165, 1.54) is 32.1 Å².